The lowest BCUT2D eigenvalue weighted by molar-refractivity contribution is 0.209. The van der Waals surface area contributed by atoms with E-state index in [0.29, 0.717) is 18.8 Å². The summed E-state index contributed by atoms with van der Waals surface area (Å²) in [5.74, 6) is -0.720. The highest BCUT2D eigenvalue weighted by atomic mass is 35.5. The van der Waals surface area contributed by atoms with Gasteiger partial charge in [0, 0.05) is 30.5 Å². The third-order valence-corrected chi connectivity index (χ3v) is 4.87. The van der Waals surface area contributed by atoms with Crippen LogP contribution in [0.4, 0.5) is 25.4 Å². The Hall–Kier alpha value is -3.40. The van der Waals surface area contributed by atoms with Crippen molar-refractivity contribution < 1.29 is 19.1 Å². The SMILES string of the molecule is O=C(O)Nc1cnc2nc(-c3cc(NC(=O)N4CCCC4)ccc3Cl)c(F)n2c1. The Morgan fingerprint density at radius 1 is 1.17 bits per heavy atom. The number of rotatable bonds is 3. The first kappa shape index (κ1) is 18.9. The molecular weight excluding hydrogens is 403 g/mol. The van der Waals surface area contributed by atoms with Crippen molar-refractivity contribution in [3.8, 4) is 11.3 Å². The number of urea groups is 1. The molecule has 0 bridgehead atoms. The number of nitrogens with zero attached hydrogens (tertiary/aromatic N) is 4. The van der Waals surface area contributed by atoms with E-state index in [1.807, 2.05) is 0 Å². The van der Waals surface area contributed by atoms with Gasteiger partial charge in [0.2, 0.25) is 11.7 Å². The highest BCUT2D eigenvalue weighted by Gasteiger charge is 2.21. The second kappa shape index (κ2) is 7.55. The molecule has 0 spiro atoms. The molecule has 3 heterocycles. The fraction of sp³-hybridized carbons (Fsp3) is 0.222. The minimum absolute atomic E-state index is 0.0380. The lowest BCUT2D eigenvalue weighted by Gasteiger charge is -2.16. The van der Waals surface area contributed by atoms with E-state index in [1.54, 1.807) is 17.0 Å². The Kier molecular flexibility index (Phi) is 4.93. The molecule has 0 saturated carbocycles. The number of likely N-dealkylation sites (tertiary alicyclic amines) is 1. The van der Waals surface area contributed by atoms with Gasteiger partial charge < -0.3 is 15.3 Å². The molecule has 0 radical (unpaired) electrons. The predicted octanol–water partition coefficient (Wildman–Crippen LogP) is 3.91. The number of fused-ring (bicyclic) bond motifs is 1. The summed E-state index contributed by atoms with van der Waals surface area (Å²) in [5, 5.41) is 13.9. The Balaban J connectivity index is 1.68. The second-order valence-corrected chi connectivity index (χ2v) is 6.92. The van der Waals surface area contributed by atoms with Crippen LogP contribution in [-0.2, 0) is 0 Å². The van der Waals surface area contributed by atoms with E-state index in [0.717, 1.165) is 17.2 Å². The van der Waals surface area contributed by atoms with Crippen LogP contribution in [0.1, 0.15) is 12.8 Å². The first-order valence-corrected chi connectivity index (χ1v) is 9.19. The number of hydrogen-bond acceptors (Lipinski definition) is 4. The third-order valence-electron chi connectivity index (χ3n) is 4.54. The minimum Gasteiger partial charge on any atom is -0.465 e. The molecule has 0 aliphatic carbocycles. The number of halogens is 2. The molecule has 29 heavy (non-hydrogen) atoms. The van der Waals surface area contributed by atoms with Crippen LogP contribution >= 0.6 is 11.6 Å². The number of carbonyl (C=O) groups excluding carboxylic acids is 1. The Bertz CT molecular complexity index is 1110. The molecule has 0 unspecified atom stereocenters. The molecule has 1 aromatic carbocycles. The summed E-state index contributed by atoms with van der Waals surface area (Å²) in [6.07, 6.45) is 3.11. The summed E-state index contributed by atoms with van der Waals surface area (Å²) in [6, 6.07) is 4.49. The fourth-order valence-corrected chi connectivity index (χ4v) is 3.38. The van der Waals surface area contributed by atoms with Gasteiger partial charge >= 0.3 is 12.1 Å². The van der Waals surface area contributed by atoms with Crippen molar-refractivity contribution in [2.24, 2.45) is 0 Å². The van der Waals surface area contributed by atoms with Crippen LogP contribution in [0.2, 0.25) is 5.02 Å². The maximum atomic E-state index is 15.0. The Morgan fingerprint density at radius 2 is 1.93 bits per heavy atom. The van der Waals surface area contributed by atoms with Crippen LogP contribution in [0, 0.1) is 5.95 Å². The van der Waals surface area contributed by atoms with Crippen LogP contribution < -0.4 is 10.6 Å². The molecule has 1 fully saturated rings. The predicted molar refractivity (Wildman–Crippen MR) is 105 cm³/mol. The second-order valence-electron chi connectivity index (χ2n) is 6.51. The van der Waals surface area contributed by atoms with Crippen molar-refractivity contribution in [2.45, 2.75) is 12.8 Å². The van der Waals surface area contributed by atoms with Gasteiger partial charge in [-0.25, -0.2) is 19.6 Å². The Labute approximate surface area is 169 Å². The molecule has 1 aliphatic heterocycles. The van der Waals surface area contributed by atoms with Crippen LogP contribution in [0.5, 0.6) is 0 Å². The van der Waals surface area contributed by atoms with Crippen LogP contribution in [-0.4, -0.2) is 49.6 Å². The summed E-state index contributed by atoms with van der Waals surface area (Å²) in [6.45, 7) is 1.40. The Morgan fingerprint density at radius 3 is 2.66 bits per heavy atom. The van der Waals surface area contributed by atoms with Crippen LogP contribution in [0.15, 0.2) is 30.6 Å². The van der Waals surface area contributed by atoms with Gasteiger partial charge in [-0.2, -0.15) is 4.39 Å². The molecule has 4 rings (SSSR count). The van der Waals surface area contributed by atoms with Gasteiger partial charge in [-0.15, -0.1) is 0 Å². The average Bonchev–Trinajstić information content (AvgIpc) is 3.32. The average molecular weight is 419 g/mol. The summed E-state index contributed by atoms with van der Waals surface area (Å²) in [7, 11) is 0. The number of nitrogens with one attached hydrogen (secondary N) is 2. The highest BCUT2D eigenvalue weighted by Crippen LogP contribution is 2.32. The van der Waals surface area contributed by atoms with E-state index in [4.69, 9.17) is 16.7 Å². The number of anilines is 2. The number of imidazole rings is 1. The fourth-order valence-electron chi connectivity index (χ4n) is 3.17. The molecular formula is C18H16ClFN6O3. The topological polar surface area (TPSA) is 112 Å². The quantitative estimate of drug-likeness (QED) is 0.597. The van der Waals surface area contributed by atoms with E-state index in [9.17, 15) is 14.0 Å². The van der Waals surface area contributed by atoms with Gasteiger partial charge in [0.25, 0.3) is 0 Å². The van der Waals surface area contributed by atoms with Crippen molar-refractivity contribution in [3.05, 3.63) is 41.6 Å². The van der Waals surface area contributed by atoms with Gasteiger partial charge in [-0.1, -0.05) is 11.6 Å². The van der Waals surface area contributed by atoms with Gasteiger partial charge in [-0.05, 0) is 31.0 Å². The van der Waals surface area contributed by atoms with E-state index in [1.165, 1.54) is 18.5 Å². The van der Waals surface area contributed by atoms with E-state index in [-0.39, 0.29) is 33.8 Å². The van der Waals surface area contributed by atoms with E-state index in [2.05, 4.69) is 20.6 Å². The standard InChI is InChI=1S/C18H16ClFN6O3/c19-13-4-3-10(22-17(27)25-5-1-2-6-25)7-12(13)14-15(20)26-9-11(23-18(28)29)8-21-16(26)24-14/h3-4,7-9,23H,1-2,5-6H2,(H,22,27)(H,28,29). The van der Waals surface area contributed by atoms with Crippen molar-refractivity contribution in [3.63, 3.8) is 0 Å². The van der Waals surface area contributed by atoms with Crippen molar-refractivity contribution in [2.75, 3.05) is 23.7 Å². The van der Waals surface area contributed by atoms with E-state index >= 15 is 0 Å². The van der Waals surface area contributed by atoms with Crippen LogP contribution in [0.3, 0.4) is 0 Å². The molecule has 3 aromatic rings. The number of hydrogen-bond donors (Lipinski definition) is 3. The van der Waals surface area contributed by atoms with Gasteiger partial charge in [0.15, 0.2) is 0 Å². The molecule has 9 nitrogen and oxygen atoms in total. The zero-order valence-corrected chi connectivity index (χ0v) is 15.8. The maximum Gasteiger partial charge on any atom is 0.409 e. The molecule has 1 aliphatic rings. The molecule has 11 heteroatoms. The molecule has 2 aromatic heterocycles. The third kappa shape index (κ3) is 3.79. The van der Waals surface area contributed by atoms with Gasteiger partial charge in [0.05, 0.1) is 16.9 Å². The maximum absolute atomic E-state index is 15.0. The highest BCUT2D eigenvalue weighted by molar-refractivity contribution is 6.33. The zero-order chi connectivity index (χ0) is 20.5. The van der Waals surface area contributed by atoms with Crippen molar-refractivity contribution in [1.82, 2.24) is 19.3 Å². The van der Waals surface area contributed by atoms with E-state index < -0.39 is 12.0 Å². The lowest BCUT2D eigenvalue weighted by atomic mass is 10.1. The number of benzene rings is 1. The normalized spacial score (nSPS) is 13.7. The molecule has 3 amide bonds. The van der Waals surface area contributed by atoms with Crippen molar-refractivity contribution >= 4 is 40.9 Å². The zero-order valence-electron chi connectivity index (χ0n) is 15.0. The molecule has 3 N–H and O–H groups in total. The van der Waals surface area contributed by atoms with Crippen molar-refractivity contribution in [1.29, 1.82) is 0 Å². The van der Waals surface area contributed by atoms with Gasteiger partial charge in [-0.3, -0.25) is 9.72 Å². The summed E-state index contributed by atoms with van der Waals surface area (Å²) >= 11 is 6.24. The number of amides is 3. The molecule has 150 valence electrons. The first-order valence-electron chi connectivity index (χ1n) is 8.82. The monoisotopic (exact) mass is 418 g/mol. The first-order chi connectivity index (χ1) is 13.9. The lowest BCUT2D eigenvalue weighted by Crippen LogP contribution is -2.32. The number of carbonyl (C=O) groups is 2. The summed E-state index contributed by atoms with van der Waals surface area (Å²) in [4.78, 5) is 32.9. The number of aromatic nitrogens is 3. The molecule has 1 saturated heterocycles. The number of carboxylic acid groups (broad SMARTS) is 1. The van der Waals surface area contributed by atoms with Gasteiger partial charge in [0.1, 0.15) is 5.69 Å². The largest absolute Gasteiger partial charge is 0.465 e. The molecule has 0 atom stereocenters. The summed E-state index contributed by atoms with van der Waals surface area (Å²) < 4.78 is 16.0. The summed E-state index contributed by atoms with van der Waals surface area (Å²) in [5.41, 5.74) is 0.762. The smallest absolute Gasteiger partial charge is 0.409 e. The van der Waals surface area contributed by atoms with Crippen LogP contribution in [0.25, 0.3) is 17.0 Å². The minimum atomic E-state index is -1.30.